The van der Waals surface area contributed by atoms with E-state index in [0.717, 1.165) is 9.88 Å². The number of nitro benzene ring substituents is 1. The third-order valence-corrected chi connectivity index (χ3v) is 4.68. The van der Waals surface area contributed by atoms with Gasteiger partial charge in [0.15, 0.2) is 9.84 Å². The first-order valence-corrected chi connectivity index (χ1v) is 8.77. The van der Waals surface area contributed by atoms with Crippen molar-refractivity contribution in [3.05, 3.63) is 79.7 Å². The minimum absolute atomic E-state index is 0.127. The molecule has 2 aromatic rings. The first-order valence-electron chi connectivity index (χ1n) is 6.26. The molecule has 22 heavy (non-hydrogen) atoms. The van der Waals surface area contributed by atoms with Gasteiger partial charge < -0.3 is 0 Å². The van der Waals surface area contributed by atoms with Crippen LogP contribution in [0.5, 0.6) is 0 Å². The number of para-hydroxylation sites is 1. The van der Waals surface area contributed by atoms with Crippen LogP contribution in [0.25, 0.3) is 6.08 Å². The summed E-state index contributed by atoms with van der Waals surface area (Å²) in [7, 11) is -3.51. The number of hydrogen-bond donors (Lipinski definition) is 0. The van der Waals surface area contributed by atoms with Crippen LogP contribution in [0.2, 0.25) is 0 Å². The summed E-state index contributed by atoms with van der Waals surface area (Å²) in [6.45, 7) is 0. The van der Waals surface area contributed by atoms with E-state index in [1.54, 1.807) is 30.3 Å². The third-order valence-electron chi connectivity index (χ3n) is 2.87. The number of nitro groups is 1. The van der Waals surface area contributed by atoms with Gasteiger partial charge in [0.25, 0.3) is 5.69 Å². The van der Waals surface area contributed by atoms with E-state index in [4.69, 9.17) is 0 Å². The van der Waals surface area contributed by atoms with Gasteiger partial charge in [-0.2, -0.15) is 0 Å². The fourth-order valence-corrected chi connectivity index (χ4v) is 3.20. The Morgan fingerprint density at radius 2 is 1.73 bits per heavy atom. The number of rotatable bonds is 5. The van der Waals surface area contributed by atoms with Crippen LogP contribution in [0, 0.1) is 10.1 Å². The summed E-state index contributed by atoms with van der Waals surface area (Å²) in [5.74, 6) is -0.155. The second kappa shape index (κ2) is 6.85. The summed E-state index contributed by atoms with van der Waals surface area (Å²) in [6.07, 6.45) is 1.26. The zero-order valence-corrected chi connectivity index (χ0v) is 13.7. The molecule has 0 heterocycles. The van der Waals surface area contributed by atoms with Crippen LogP contribution in [0.4, 0.5) is 5.69 Å². The highest BCUT2D eigenvalue weighted by molar-refractivity contribution is 9.10. The smallest absolute Gasteiger partial charge is 0.258 e. The summed E-state index contributed by atoms with van der Waals surface area (Å²) in [4.78, 5) is 10.3. The maximum absolute atomic E-state index is 12.1. The molecule has 5 nitrogen and oxygen atoms in total. The molecule has 0 spiro atoms. The van der Waals surface area contributed by atoms with Crippen molar-refractivity contribution >= 4 is 37.5 Å². The number of benzene rings is 2. The molecule has 2 rings (SSSR count). The molecule has 114 valence electrons. The maximum atomic E-state index is 12.1. The molecule has 2 aromatic carbocycles. The number of halogens is 1. The molecule has 0 bridgehead atoms. The van der Waals surface area contributed by atoms with E-state index in [1.807, 2.05) is 0 Å². The average Bonchev–Trinajstić information content (AvgIpc) is 2.48. The Morgan fingerprint density at radius 1 is 1.09 bits per heavy atom. The molecule has 0 unspecified atom stereocenters. The second-order valence-corrected chi connectivity index (χ2v) is 7.35. The van der Waals surface area contributed by atoms with E-state index in [2.05, 4.69) is 15.9 Å². The van der Waals surface area contributed by atoms with Crippen LogP contribution >= 0.6 is 15.9 Å². The summed E-state index contributed by atoms with van der Waals surface area (Å²) in [5, 5.41) is 11.9. The Morgan fingerprint density at radius 3 is 2.36 bits per heavy atom. The summed E-state index contributed by atoms with van der Waals surface area (Å²) in [6, 6.07) is 12.9. The predicted molar refractivity (Wildman–Crippen MR) is 88.9 cm³/mol. The van der Waals surface area contributed by atoms with Gasteiger partial charge in [-0.3, -0.25) is 10.1 Å². The van der Waals surface area contributed by atoms with Crippen molar-refractivity contribution in [2.75, 3.05) is 0 Å². The molecule has 0 saturated carbocycles. The number of sulfone groups is 1. The maximum Gasteiger partial charge on any atom is 0.276 e. The minimum atomic E-state index is -3.51. The second-order valence-electron chi connectivity index (χ2n) is 4.55. The van der Waals surface area contributed by atoms with Gasteiger partial charge in [0, 0.05) is 15.9 Å². The van der Waals surface area contributed by atoms with Gasteiger partial charge in [0.2, 0.25) is 0 Å². The quantitative estimate of drug-likeness (QED) is 0.580. The van der Waals surface area contributed by atoms with Crippen LogP contribution in [-0.4, -0.2) is 13.3 Å². The fraction of sp³-hybridized carbons (Fsp3) is 0.0667. The Balaban J connectivity index is 2.21. The zero-order valence-electron chi connectivity index (χ0n) is 11.3. The van der Waals surface area contributed by atoms with Gasteiger partial charge >= 0.3 is 0 Å². The molecule has 0 aromatic heterocycles. The van der Waals surface area contributed by atoms with E-state index >= 15 is 0 Å². The molecule has 0 radical (unpaired) electrons. The monoisotopic (exact) mass is 381 g/mol. The fourth-order valence-electron chi connectivity index (χ4n) is 1.83. The molecular formula is C15H12BrNO4S. The van der Waals surface area contributed by atoms with Gasteiger partial charge in [-0.25, -0.2) is 8.42 Å². The van der Waals surface area contributed by atoms with Crippen molar-refractivity contribution in [1.29, 1.82) is 0 Å². The third kappa shape index (κ3) is 4.51. The lowest BCUT2D eigenvalue weighted by Crippen LogP contribution is -2.00. The van der Waals surface area contributed by atoms with Crippen LogP contribution in [0.3, 0.4) is 0 Å². The highest BCUT2D eigenvalue weighted by Gasteiger charge is 2.12. The molecule has 0 atom stereocenters. The van der Waals surface area contributed by atoms with Gasteiger partial charge in [0.05, 0.1) is 16.2 Å². The van der Waals surface area contributed by atoms with E-state index < -0.39 is 14.8 Å². The normalized spacial score (nSPS) is 11.7. The van der Waals surface area contributed by atoms with Crippen molar-refractivity contribution in [3.8, 4) is 0 Å². The topological polar surface area (TPSA) is 77.3 Å². The van der Waals surface area contributed by atoms with E-state index in [-0.39, 0.29) is 17.0 Å². The van der Waals surface area contributed by atoms with Crippen LogP contribution in [0.15, 0.2) is 58.4 Å². The lowest BCUT2D eigenvalue weighted by molar-refractivity contribution is -0.385. The van der Waals surface area contributed by atoms with Crippen LogP contribution in [-0.2, 0) is 15.6 Å². The molecule has 0 N–H and O–H groups in total. The van der Waals surface area contributed by atoms with Gasteiger partial charge in [0.1, 0.15) is 0 Å². The zero-order chi connectivity index (χ0) is 16.2. The lowest BCUT2D eigenvalue weighted by Gasteiger charge is -2.01. The first-order chi connectivity index (χ1) is 10.4. The molecule has 0 aliphatic carbocycles. The molecule has 0 aliphatic rings. The Kier molecular flexibility index (Phi) is 5.10. The van der Waals surface area contributed by atoms with Gasteiger partial charge in [-0.15, -0.1) is 0 Å². The minimum Gasteiger partial charge on any atom is -0.258 e. The van der Waals surface area contributed by atoms with E-state index in [1.165, 1.54) is 24.3 Å². The number of nitrogens with zero attached hydrogens (tertiary/aromatic N) is 1. The lowest BCUT2D eigenvalue weighted by atomic mass is 10.2. The van der Waals surface area contributed by atoms with Crippen molar-refractivity contribution in [2.45, 2.75) is 5.75 Å². The number of hydrogen-bond acceptors (Lipinski definition) is 4. The highest BCUT2D eigenvalue weighted by Crippen LogP contribution is 2.20. The molecule has 7 heteroatoms. The largest absolute Gasteiger partial charge is 0.276 e. The SMILES string of the molecule is O=[N+]([O-])c1ccccc1C=CS(=O)(=O)Cc1ccc(Br)cc1. The Hall–Kier alpha value is -1.99. The molecule has 0 fully saturated rings. The molecule has 0 amide bonds. The summed E-state index contributed by atoms with van der Waals surface area (Å²) < 4.78 is 25.0. The standard InChI is InChI=1S/C15H12BrNO4S/c16-14-7-5-12(6-8-14)11-22(20,21)10-9-13-3-1-2-4-15(13)17(18)19/h1-10H,11H2. The van der Waals surface area contributed by atoms with Crippen molar-refractivity contribution < 1.29 is 13.3 Å². The molecule has 0 aliphatic heterocycles. The Labute approximate surface area is 136 Å². The average molecular weight is 382 g/mol. The van der Waals surface area contributed by atoms with Crippen LogP contribution in [0.1, 0.15) is 11.1 Å². The van der Waals surface area contributed by atoms with Gasteiger partial charge in [-0.1, -0.05) is 40.2 Å². The predicted octanol–water partition coefficient (Wildman–Crippen LogP) is 3.94. The summed E-state index contributed by atoms with van der Waals surface area (Å²) >= 11 is 3.28. The van der Waals surface area contributed by atoms with Gasteiger partial charge in [-0.05, 0) is 29.8 Å². The van der Waals surface area contributed by atoms with Crippen LogP contribution < -0.4 is 0 Å². The van der Waals surface area contributed by atoms with Crippen molar-refractivity contribution in [1.82, 2.24) is 0 Å². The molecule has 0 saturated heterocycles. The van der Waals surface area contributed by atoms with E-state index in [9.17, 15) is 18.5 Å². The van der Waals surface area contributed by atoms with Crippen molar-refractivity contribution in [3.63, 3.8) is 0 Å². The molecular weight excluding hydrogens is 370 g/mol. The summed E-state index contributed by atoms with van der Waals surface area (Å²) in [5.41, 5.74) is 0.778. The first kappa shape index (κ1) is 16.4. The highest BCUT2D eigenvalue weighted by atomic mass is 79.9. The van der Waals surface area contributed by atoms with E-state index in [0.29, 0.717) is 5.56 Å². The van der Waals surface area contributed by atoms with Crippen molar-refractivity contribution in [2.24, 2.45) is 0 Å². The Bertz CT molecular complexity index is 814.